The van der Waals surface area contributed by atoms with Gasteiger partial charge in [0.1, 0.15) is 29.3 Å². The Labute approximate surface area is 161 Å². The Morgan fingerprint density at radius 2 is 1.78 bits per heavy atom. The smallest absolute Gasteiger partial charge is 0.258 e. The number of halogens is 4. The van der Waals surface area contributed by atoms with E-state index in [4.69, 9.17) is 4.74 Å². The number of carbonyl (C=O) groups excluding carboxylic acids is 1. The molecule has 2 aromatic rings. The number of nitrogens with zero attached hydrogens (tertiary/aromatic N) is 1. The van der Waals surface area contributed by atoms with Crippen LogP contribution in [0.2, 0.25) is 0 Å². The second-order valence-electron chi connectivity index (χ2n) is 6.37. The van der Waals surface area contributed by atoms with E-state index in [1.54, 1.807) is 0 Å². The van der Waals surface area contributed by atoms with Gasteiger partial charge in [0.25, 0.3) is 5.91 Å². The number of carbonyl (C=O) groups is 1. The van der Waals surface area contributed by atoms with Crippen molar-refractivity contribution in [2.24, 2.45) is 0 Å². The third-order valence-electron chi connectivity index (χ3n) is 4.27. The minimum atomic E-state index is -0.985. The maximum absolute atomic E-state index is 13.9. The largest absolute Gasteiger partial charge is 0.490 e. The van der Waals surface area contributed by atoms with Crippen LogP contribution in [0.3, 0.4) is 0 Å². The Kier molecular flexibility index (Phi) is 7.10. The maximum Gasteiger partial charge on any atom is 0.258 e. The number of amides is 1. The molecule has 146 valence electrons. The highest BCUT2D eigenvalue weighted by Crippen LogP contribution is 2.24. The summed E-state index contributed by atoms with van der Waals surface area (Å²) in [5, 5.41) is 2.41. The van der Waals surface area contributed by atoms with Crippen molar-refractivity contribution in [2.75, 3.05) is 25.5 Å². The third-order valence-corrected chi connectivity index (χ3v) is 4.27. The van der Waals surface area contributed by atoms with E-state index in [1.165, 1.54) is 12.1 Å². The maximum atomic E-state index is 13.9. The predicted octanol–water partition coefficient (Wildman–Crippen LogP) is 4.25. The van der Waals surface area contributed by atoms with Gasteiger partial charge >= 0.3 is 0 Å². The van der Waals surface area contributed by atoms with E-state index in [2.05, 4.69) is 10.2 Å². The van der Waals surface area contributed by atoms with E-state index in [0.717, 1.165) is 44.1 Å². The molecule has 1 aliphatic rings. The molecule has 1 saturated heterocycles. The number of hydrogen-bond acceptors (Lipinski definition) is 3. The summed E-state index contributed by atoms with van der Waals surface area (Å²) >= 11 is 0. The average molecular weight is 401 g/mol. The molecule has 3 rings (SSSR count). The summed E-state index contributed by atoms with van der Waals surface area (Å²) in [5.74, 6) is -2.83. The number of ether oxygens (including phenoxy) is 1. The highest BCUT2D eigenvalue weighted by molar-refractivity contribution is 6.04. The molecular formula is C19H20ClF3N2O2. The number of anilines is 1. The number of hydrogen-bond donors (Lipinski definition) is 1. The van der Waals surface area contributed by atoms with Gasteiger partial charge in [-0.05, 0) is 38.1 Å². The van der Waals surface area contributed by atoms with Crippen LogP contribution in [0, 0.1) is 17.5 Å². The fourth-order valence-electron chi connectivity index (χ4n) is 2.87. The minimum Gasteiger partial charge on any atom is -0.490 e. The van der Waals surface area contributed by atoms with Crippen LogP contribution in [-0.4, -0.2) is 37.0 Å². The number of piperidine rings is 1. The summed E-state index contributed by atoms with van der Waals surface area (Å²) in [6.45, 7) is 1.79. The van der Waals surface area contributed by atoms with E-state index in [1.807, 2.05) is 7.05 Å². The van der Waals surface area contributed by atoms with Gasteiger partial charge in [0, 0.05) is 37.0 Å². The molecule has 4 nitrogen and oxygen atoms in total. The van der Waals surface area contributed by atoms with Crippen molar-refractivity contribution < 1.29 is 22.7 Å². The summed E-state index contributed by atoms with van der Waals surface area (Å²) in [4.78, 5) is 14.3. The van der Waals surface area contributed by atoms with Gasteiger partial charge < -0.3 is 15.0 Å². The SMILES string of the molecule is CN1CCC(Oc2cc(F)cc(NC(=O)c3ccc(F)cc3F)c2)CC1.Cl. The van der Waals surface area contributed by atoms with Crippen LogP contribution < -0.4 is 10.1 Å². The predicted molar refractivity (Wildman–Crippen MR) is 99.1 cm³/mol. The molecule has 0 aliphatic carbocycles. The zero-order chi connectivity index (χ0) is 18.7. The quantitative estimate of drug-likeness (QED) is 0.834. The lowest BCUT2D eigenvalue weighted by molar-refractivity contribution is 0.102. The fraction of sp³-hybridized carbons (Fsp3) is 0.316. The Hall–Kier alpha value is -2.25. The van der Waals surface area contributed by atoms with Crippen LogP contribution in [0.4, 0.5) is 18.9 Å². The molecule has 0 bridgehead atoms. The molecule has 1 aliphatic heterocycles. The van der Waals surface area contributed by atoms with Crippen LogP contribution in [0.5, 0.6) is 5.75 Å². The van der Waals surface area contributed by atoms with Gasteiger partial charge in [-0.2, -0.15) is 0 Å². The van der Waals surface area contributed by atoms with Crippen molar-refractivity contribution in [3.63, 3.8) is 0 Å². The Balaban J connectivity index is 0.00000261. The molecule has 0 unspecified atom stereocenters. The number of nitrogens with one attached hydrogen (secondary N) is 1. The normalized spacial score (nSPS) is 15.1. The standard InChI is InChI=1S/C19H19F3N2O2.ClH/c1-24-6-4-15(5-7-24)26-16-9-13(21)8-14(11-16)23-19(25)17-3-2-12(20)10-18(17)22;/h2-3,8-11,15H,4-7H2,1H3,(H,23,25);1H. The Morgan fingerprint density at radius 3 is 2.44 bits per heavy atom. The first-order valence-electron chi connectivity index (χ1n) is 8.33. The summed E-state index contributed by atoms with van der Waals surface area (Å²) in [7, 11) is 2.03. The van der Waals surface area contributed by atoms with Crippen LogP contribution in [-0.2, 0) is 0 Å². The van der Waals surface area contributed by atoms with Gasteiger partial charge in [-0.1, -0.05) is 0 Å². The second kappa shape index (κ2) is 9.10. The Morgan fingerprint density at radius 1 is 1.07 bits per heavy atom. The summed E-state index contributed by atoms with van der Waals surface area (Å²) in [6, 6.07) is 6.48. The lowest BCUT2D eigenvalue weighted by Gasteiger charge is -2.29. The van der Waals surface area contributed by atoms with Crippen LogP contribution in [0.1, 0.15) is 23.2 Å². The molecule has 1 amide bonds. The first kappa shape index (κ1) is 21.1. The van der Waals surface area contributed by atoms with E-state index in [-0.39, 0.29) is 29.8 Å². The van der Waals surface area contributed by atoms with E-state index in [9.17, 15) is 18.0 Å². The van der Waals surface area contributed by atoms with Crippen molar-refractivity contribution >= 4 is 24.0 Å². The van der Waals surface area contributed by atoms with Gasteiger partial charge in [0.05, 0.1) is 5.56 Å². The molecule has 1 heterocycles. The summed E-state index contributed by atoms with van der Waals surface area (Å²) in [6.07, 6.45) is 1.64. The van der Waals surface area contributed by atoms with Gasteiger partial charge in [0.15, 0.2) is 0 Å². The van der Waals surface area contributed by atoms with Crippen molar-refractivity contribution in [1.29, 1.82) is 0 Å². The fourth-order valence-corrected chi connectivity index (χ4v) is 2.87. The van der Waals surface area contributed by atoms with Gasteiger partial charge in [0.2, 0.25) is 0 Å². The van der Waals surface area contributed by atoms with Gasteiger partial charge in [-0.25, -0.2) is 13.2 Å². The first-order chi connectivity index (χ1) is 12.4. The molecule has 0 saturated carbocycles. The number of benzene rings is 2. The van der Waals surface area contributed by atoms with Gasteiger partial charge in [-0.3, -0.25) is 4.79 Å². The first-order valence-corrected chi connectivity index (χ1v) is 8.33. The highest BCUT2D eigenvalue weighted by Gasteiger charge is 2.19. The molecule has 8 heteroatoms. The lowest BCUT2D eigenvalue weighted by Crippen LogP contribution is -2.35. The molecule has 0 aromatic heterocycles. The molecule has 1 N–H and O–H groups in total. The third kappa shape index (κ3) is 5.61. The van der Waals surface area contributed by atoms with Crippen molar-refractivity contribution in [2.45, 2.75) is 18.9 Å². The van der Waals surface area contributed by atoms with Crippen LogP contribution in [0.15, 0.2) is 36.4 Å². The zero-order valence-electron chi connectivity index (χ0n) is 14.7. The van der Waals surface area contributed by atoms with Crippen molar-refractivity contribution in [3.8, 4) is 5.75 Å². The van der Waals surface area contributed by atoms with Crippen molar-refractivity contribution in [1.82, 2.24) is 4.90 Å². The molecule has 27 heavy (non-hydrogen) atoms. The molecular weight excluding hydrogens is 381 g/mol. The average Bonchev–Trinajstić information content (AvgIpc) is 2.56. The molecule has 2 aromatic carbocycles. The second-order valence-corrected chi connectivity index (χ2v) is 6.37. The van der Waals surface area contributed by atoms with Crippen molar-refractivity contribution in [3.05, 3.63) is 59.4 Å². The van der Waals surface area contributed by atoms with E-state index < -0.39 is 23.4 Å². The van der Waals surface area contributed by atoms with E-state index >= 15 is 0 Å². The number of rotatable bonds is 4. The van der Waals surface area contributed by atoms with Crippen LogP contribution >= 0.6 is 12.4 Å². The number of likely N-dealkylation sites (tertiary alicyclic amines) is 1. The Bertz CT molecular complexity index is 812. The molecule has 0 radical (unpaired) electrons. The monoisotopic (exact) mass is 400 g/mol. The van der Waals surface area contributed by atoms with E-state index in [0.29, 0.717) is 11.8 Å². The summed E-state index contributed by atoms with van der Waals surface area (Å²) < 4.78 is 46.3. The van der Waals surface area contributed by atoms with Gasteiger partial charge in [-0.15, -0.1) is 12.4 Å². The molecule has 0 spiro atoms. The highest BCUT2D eigenvalue weighted by atomic mass is 35.5. The summed E-state index contributed by atoms with van der Waals surface area (Å²) in [5.41, 5.74) is -0.185. The lowest BCUT2D eigenvalue weighted by atomic mass is 10.1. The molecule has 1 fully saturated rings. The zero-order valence-corrected chi connectivity index (χ0v) is 15.5. The van der Waals surface area contributed by atoms with Crippen LogP contribution in [0.25, 0.3) is 0 Å². The topological polar surface area (TPSA) is 41.6 Å². The minimum absolute atomic E-state index is 0. The molecule has 0 atom stereocenters.